The summed E-state index contributed by atoms with van der Waals surface area (Å²) in [5.74, 6) is -1.04. The second-order valence-corrected chi connectivity index (χ2v) is 5.75. The zero-order valence-electron chi connectivity index (χ0n) is 9.97. The Bertz CT molecular complexity index is 282. The van der Waals surface area contributed by atoms with E-state index in [0.29, 0.717) is 24.8 Å². The van der Waals surface area contributed by atoms with Crippen LogP contribution in [0.5, 0.6) is 0 Å². The van der Waals surface area contributed by atoms with Crippen molar-refractivity contribution in [2.24, 2.45) is 11.8 Å². The minimum Gasteiger partial charge on any atom is -0.481 e. The lowest BCUT2D eigenvalue weighted by Gasteiger charge is -2.17. The molecule has 0 radical (unpaired) electrons. The van der Waals surface area contributed by atoms with Crippen LogP contribution in [0.4, 0.5) is 0 Å². The van der Waals surface area contributed by atoms with Crippen molar-refractivity contribution >= 4 is 23.6 Å². The van der Waals surface area contributed by atoms with Crippen molar-refractivity contribution in [2.75, 3.05) is 19.3 Å². The molecule has 4 nitrogen and oxygen atoms in total. The van der Waals surface area contributed by atoms with Gasteiger partial charge in [0.15, 0.2) is 0 Å². The number of carboxylic acid groups (broad SMARTS) is 1. The van der Waals surface area contributed by atoms with Crippen LogP contribution in [0.25, 0.3) is 0 Å². The number of nitrogens with zero attached hydrogens (tertiary/aromatic N) is 1. The van der Waals surface area contributed by atoms with E-state index in [1.165, 1.54) is 0 Å². The summed E-state index contributed by atoms with van der Waals surface area (Å²) in [5.41, 5.74) is 0. The van der Waals surface area contributed by atoms with Crippen molar-refractivity contribution in [2.45, 2.75) is 25.5 Å². The summed E-state index contributed by atoms with van der Waals surface area (Å²) in [6.07, 6.45) is 2.48. The predicted molar refractivity (Wildman–Crippen MR) is 64.5 cm³/mol. The maximum Gasteiger partial charge on any atom is 0.308 e. The van der Waals surface area contributed by atoms with Crippen LogP contribution < -0.4 is 0 Å². The number of carbonyl (C=O) groups is 2. The van der Waals surface area contributed by atoms with Crippen LogP contribution in [0.1, 0.15) is 20.3 Å². The molecule has 3 atom stereocenters. The Labute approximate surface area is 100 Å². The lowest BCUT2D eigenvalue weighted by molar-refractivity contribution is -0.142. The first kappa shape index (κ1) is 13.4. The molecule has 1 aliphatic rings. The summed E-state index contributed by atoms with van der Waals surface area (Å²) in [6.45, 7) is 4.86. The minimum absolute atomic E-state index is 0.0611. The number of hydrogen-bond acceptors (Lipinski definition) is 3. The average molecular weight is 245 g/mol. The molecule has 1 amide bonds. The zero-order valence-corrected chi connectivity index (χ0v) is 10.8. The molecule has 1 unspecified atom stereocenters. The number of carboxylic acids is 1. The van der Waals surface area contributed by atoms with Crippen LogP contribution in [-0.2, 0) is 9.59 Å². The van der Waals surface area contributed by atoms with Gasteiger partial charge in [-0.25, -0.2) is 0 Å². The lowest BCUT2D eigenvalue weighted by atomic mass is 9.99. The minimum atomic E-state index is -0.791. The number of carbonyl (C=O) groups excluding carboxylic acids is 1. The molecule has 1 saturated heterocycles. The summed E-state index contributed by atoms with van der Waals surface area (Å²) < 4.78 is 0. The molecular formula is C11H19NO3S. The van der Waals surface area contributed by atoms with Gasteiger partial charge in [-0.3, -0.25) is 9.59 Å². The van der Waals surface area contributed by atoms with Gasteiger partial charge in [0, 0.05) is 24.8 Å². The van der Waals surface area contributed by atoms with Crippen molar-refractivity contribution < 1.29 is 14.7 Å². The molecule has 1 heterocycles. The second kappa shape index (κ2) is 5.57. The highest BCUT2D eigenvalue weighted by molar-refractivity contribution is 7.99. The number of amides is 1. The fraction of sp³-hybridized carbons (Fsp3) is 0.818. The molecule has 0 spiro atoms. The van der Waals surface area contributed by atoms with Gasteiger partial charge in [-0.2, -0.15) is 11.8 Å². The van der Waals surface area contributed by atoms with Crippen molar-refractivity contribution in [1.29, 1.82) is 0 Å². The number of rotatable bonds is 4. The first-order valence-corrected chi connectivity index (χ1v) is 6.77. The molecule has 0 aromatic carbocycles. The smallest absolute Gasteiger partial charge is 0.308 e. The molecule has 0 aliphatic carbocycles. The van der Waals surface area contributed by atoms with Crippen LogP contribution >= 0.6 is 11.8 Å². The molecule has 1 rings (SSSR count). The molecule has 0 saturated carbocycles. The molecule has 16 heavy (non-hydrogen) atoms. The molecule has 0 aromatic heterocycles. The molecule has 0 aromatic rings. The third kappa shape index (κ3) is 3.14. The molecule has 92 valence electrons. The van der Waals surface area contributed by atoms with Gasteiger partial charge in [0.2, 0.25) is 5.91 Å². The zero-order chi connectivity index (χ0) is 12.3. The van der Waals surface area contributed by atoms with Crippen molar-refractivity contribution in [3.8, 4) is 0 Å². The van der Waals surface area contributed by atoms with Crippen molar-refractivity contribution in [1.82, 2.24) is 4.90 Å². The average Bonchev–Trinajstić information content (AvgIpc) is 2.60. The van der Waals surface area contributed by atoms with Crippen LogP contribution in [0, 0.1) is 11.8 Å². The lowest BCUT2D eigenvalue weighted by Crippen LogP contribution is -2.31. The van der Waals surface area contributed by atoms with E-state index in [9.17, 15) is 9.59 Å². The van der Waals surface area contributed by atoms with Gasteiger partial charge in [0.1, 0.15) is 0 Å². The van der Waals surface area contributed by atoms with E-state index in [0.717, 1.165) is 0 Å². The molecule has 1 aliphatic heterocycles. The molecular weight excluding hydrogens is 226 g/mol. The Morgan fingerprint density at radius 2 is 2.12 bits per heavy atom. The summed E-state index contributed by atoms with van der Waals surface area (Å²) >= 11 is 1.66. The van der Waals surface area contributed by atoms with E-state index < -0.39 is 11.9 Å². The Morgan fingerprint density at radius 1 is 1.50 bits per heavy atom. The molecule has 0 bridgehead atoms. The van der Waals surface area contributed by atoms with E-state index in [1.54, 1.807) is 16.7 Å². The van der Waals surface area contributed by atoms with Crippen LogP contribution in [0.3, 0.4) is 0 Å². The topological polar surface area (TPSA) is 57.6 Å². The van der Waals surface area contributed by atoms with E-state index in [-0.39, 0.29) is 11.8 Å². The third-order valence-corrected chi connectivity index (χ3v) is 4.12. The number of likely N-dealkylation sites (tertiary alicyclic amines) is 1. The summed E-state index contributed by atoms with van der Waals surface area (Å²) in [5, 5.41) is 9.27. The van der Waals surface area contributed by atoms with Gasteiger partial charge < -0.3 is 10.0 Å². The van der Waals surface area contributed by atoms with Gasteiger partial charge in [0.05, 0.1) is 5.92 Å². The maximum atomic E-state index is 11.8. The summed E-state index contributed by atoms with van der Waals surface area (Å²) in [6, 6.07) is 0. The Morgan fingerprint density at radius 3 is 2.56 bits per heavy atom. The van der Waals surface area contributed by atoms with Crippen LogP contribution in [0.2, 0.25) is 0 Å². The van der Waals surface area contributed by atoms with E-state index in [4.69, 9.17) is 5.11 Å². The Balaban J connectivity index is 2.51. The van der Waals surface area contributed by atoms with E-state index in [1.807, 2.05) is 20.1 Å². The highest BCUT2D eigenvalue weighted by Crippen LogP contribution is 2.24. The van der Waals surface area contributed by atoms with E-state index >= 15 is 0 Å². The Hall–Kier alpha value is -0.710. The SMILES string of the molecule is CSC(C)CC(=O)N1C[C@@H](C)[C@H](C(=O)O)C1. The van der Waals surface area contributed by atoms with Crippen molar-refractivity contribution in [3.05, 3.63) is 0 Å². The quantitative estimate of drug-likeness (QED) is 0.811. The first-order valence-electron chi connectivity index (χ1n) is 5.49. The highest BCUT2D eigenvalue weighted by atomic mass is 32.2. The largest absolute Gasteiger partial charge is 0.481 e. The van der Waals surface area contributed by atoms with Gasteiger partial charge in [-0.05, 0) is 12.2 Å². The third-order valence-electron chi connectivity index (χ3n) is 3.15. The number of aliphatic carboxylic acids is 1. The highest BCUT2D eigenvalue weighted by Gasteiger charge is 2.36. The number of thioether (sulfide) groups is 1. The molecule has 1 fully saturated rings. The van der Waals surface area contributed by atoms with Gasteiger partial charge in [-0.1, -0.05) is 13.8 Å². The number of hydrogen-bond donors (Lipinski definition) is 1. The fourth-order valence-electron chi connectivity index (χ4n) is 1.95. The maximum absolute atomic E-state index is 11.8. The molecule has 5 heteroatoms. The Kier molecular flexibility index (Phi) is 4.65. The summed E-state index contributed by atoms with van der Waals surface area (Å²) in [4.78, 5) is 24.5. The van der Waals surface area contributed by atoms with Gasteiger partial charge >= 0.3 is 5.97 Å². The first-order chi connectivity index (χ1) is 7.45. The van der Waals surface area contributed by atoms with Gasteiger partial charge in [0.25, 0.3) is 0 Å². The second-order valence-electron chi connectivity index (χ2n) is 4.47. The molecule has 1 N–H and O–H groups in total. The fourth-order valence-corrected chi connectivity index (χ4v) is 2.26. The summed E-state index contributed by atoms with van der Waals surface area (Å²) in [7, 11) is 0. The van der Waals surface area contributed by atoms with Gasteiger partial charge in [-0.15, -0.1) is 0 Å². The van der Waals surface area contributed by atoms with Crippen LogP contribution in [0.15, 0.2) is 0 Å². The van der Waals surface area contributed by atoms with E-state index in [2.05, 4.69) is 0 Å². The predicted octanol–water partition coefficient (Wildman–Crippen LogP) is 1.31. The van der Waals surface area contributed by atoms with Crippen LogP contribution in [-0.4, -0.2) is 46.5 Å². The monoisotopic (exact) mass is 245 g/mol. The normalized spacial score (nSPS) is 26.8. The standard InChI is InChI=1S/C11H19NO3S/c1-7-5-12(6-9(7)11(14)15)10(13)4-8(2)16-3/h7-9H,4-6H2,1-3H3,(H,14,15)/t7-,8?,9-/m1/s1. The van der Waals surface area contributed by atoms with Crippen molar-refractivity contribution in [3.63, 3.8) is 0 Å².